The molecule has 3 N–H and O–H groups in total. The van der Waals surface area contributed by atoms with Crippen LogP contribution in [0, 0.1) is 10.7 Å². The third-order valence-corrected chi connectivity index (χ3v) is 5.53. The Hall–Kier alpha value is -0.410. The number of carbonyl (C=O) groups is 1. The maximum absolute atomic E-state index is 12.6. The van der Waals surface area contributed by atoms with Gasteiger partial charge in [-0.3, -0.25) is 4.79 Å². The summed E-state index contributed by atoms with van der Waals surface area (Å²) in [7, 11) is 0. The van der Waals surface area contributed by atoms with Crippen molar-refractivity contribution in [2.24, 2.45) is 0 Å². The molecule has 0 unspecified atom stereocenters. The fourth-order valence-corrected chi connectivity index (χ4v) is 4.51. The van der Waals surface area contributed by atoms with Crippen LogP contribution in [-0.2, 0) is 11.2 Å². The number of phenols is 1. The number of ether oxygens (including phenoxy) is 1. The molecule has 1 atom stereocenters. The summed E-state index contributed by atoms with van der Waals surface area (Å²) in [6.45, 7) is 0. The summed E-state index contributed by atoms with van der Waals surface area (Å²) in [5.74, 6) is 0.138. The molecule has 9 heteroatoms. The third kappa shape index (κ3) is 5.05. The van der Waals surface area contributed by atoms with Crippen LogP contribution in [0.1, 0.15) is 5.56 Å². The van der Waals surface area contributed by atoms with Crippen LogP contribution in [0.5, 0.6) is 17.2 Å². The highest BCUT2D eigenvalue weighted by molar-refractivity contribution is 14.1. The van der Waals surface area contributed by atoms with E-state index in [1.807, 2.05) is 22.6 Å². The Morgan fingerprint density at radius 2 is 1.79 bits per heavy atom. The molecule has 0 heterocycles. The van der Waals surface area contributed by atoms with Gasteiger partial charge in [0.05, 0.1) is 10.7 Å². The van der Waals surface area contributed by atoms with E-state index < -0.39 is 12.0 Å². The number of hydrogen-bond donors (Lipinski definition) is 3. The Kier molecular flexibility index (Phi) is 7.30. The van der Waals surface area contributed by atoms with E-state index in [0.717, 1.165) is 7.14 Å². The number of phenolic OH excluding ortho intramolecular Hbond substituents is 1. The molecule has 0 spiro atoms. The quantitative estimate of drug-likeness (QED) is 0.313. The van der Waals surface area contributed by atoms with Gasteiger partial charge in [-0.1, -0.05) is 0 Å². The molecule has 0 aliphatic carbocycles. The average molecular weight is 669 g/mol. The minimum atomic E-state index is -1.29. The zero-order valence-corrected chi connectivity index (χ0v) is 18.4. The zero-order chi connectivity index (χ0) is 17.9. The van der Waals surface area contributed by atoms with Crippen molar-refractivity contribution in [1.82, 2.24) is 5.54 Å². The molecule has 0 amide bonds. The molecule has 2 rings (SSSR count). The Morgan fingerprint density at radius 3 is 2.29 bits per heavy atom. The topological polar surface area (TPSA) is 78.8 Å². The van der Waals surface area contributed by atoms with Crippen molar-refractivity contribution < 1.29 is 24.2 Å². The fourth-order valence-electron chi connectivity index (χ4n) is 1.90. The van der Waals surface area contributed by atoms with Crippen LogP contribution in [-0.4, -0.2) is 22.2 Å². The van der Waals surface area contributed by atoms with Crippen LogP contribution in [0.15, 0.2) is 30.3 Å². The lowest BCUT2D eigenvalue weighted by Crippen LogP contribution is -2.33. The molecule has 24 heavy (non-hydrogen) atoms. The summed E-state index contributed by atoms with van der Waals surface area (Å²) in [4.78, 5) is 10.9. The number of nitrogens with one attached hydrogen (secondary N) is 1. The normalized spacial score (nSPS) is 12.0. The van der Waals surface area contributed by atoms with E-state index >= 15 is 0 Å². The van der Waals surface area contributed by atoms with Crippen LogP contribution < -0.4 is 10.3 Å². The van der Waals surface area contributed by atoms with Crippen molar-refractivity contribution >= 4 is 73.7 Å². The molecular formula is C15H11FI3NO4. The van der Waals surface area contributed by atoms with Gasteiger partial charge in [0.1, 0.15) is 17.5 Å². The van der Waals surface area contributed by atoms with Crippen LogP contribution >= 0.6 is 67.8 Å². The lowest BCUT2D eigenvalue weighted by Gasteiger charge is -2.14. The van der Waals surface area contributed by atoms with E-state index in [-0.39, 0.29) is 12.2 Å². The lowest BCUT2D eigenvalue weighted by atomic mass is 10.1. The SMILES string of the molecule is O=C(O)[C@H](Cc1cc(I)c(Oc2ccc(O)c(I)c2)c(I)c1)NF. The molecule has 2 aromatic carbocycles. The molecule has 0 bridgehead atoms. The minimum Gasteiger partial charge on any atom is -0.507 e. The Labute approximate surface area is 178 Å². The van der Waals surface area contributed by atoms with Crippen LogP contribution in [0.25, 0.3) is 0 Å². The van der Waals surface area contributed by atoms with Gasteiger partial charge in [0, 0.05) is 6.42 Å². The Bertz CT molecular complexity index is 749. The maximum Gasteiger partial charge on any atom is 0.323 e. The summed E-state index contributed by atoms with van der Waals surface area (Å²) < 4.78 is 20.7. The number of aromatic hydroxyl groups is 1. The standard InChI is InChI=1S/C15H11FI3NO4/c16-20-12(15(22)23)5-7-3-10(18)14(11(19)4-7)24-8-1-2-13(21)9(17)6-8/h1-4,6,12,20-21H,5H2,(H,22,23)/t12-/m0/s1. The van der Waals surface area contributed by atoms with E-state index in [1.54, 1.807) is 30.3 Å². The van der Waals surface area contributed by atoms with Gasteiger partial charge in [-0.05, 0) is 104 Å². The van der Waals surface area contributed by atoms with Crippen LogP contribution in [0.2, 0.25) is 0 Å². The van der Waals surface area contributed by atoms with E-state index in [4.69, 9.17) is 9.84 Å². The largest absolute Gasteiger partial charge is 0.507 e. The maximum atomic E-state index is 12.6. The third-order valence-electron chi connectivity index (χ3n) is 3.07. The highest BCUT2D eigenvalue weighted by Gasteiger charge is 2.19. The van der Waals surface area contributed by atoms with Crippen molar-refractivity contribution in [1.29, 1.82) is 0 Å². The smallest absolute Gasteiger partial charge is 0.323 e. The lowest BCUT2D eigenvalue weighted by molar-refractivity contribution is -0.140. The monoisotopic (exact) mass is 669 g/mol. The van der Waals surface area contributed by atoms with E-state index in [9.17, 15) is 14.4 Å². The van der Waals surface area contributed by atoms with Gasteiger partial charge in [-0.2, -0.15) is 0 Å². The second-order valence-electron chi connectivity index (χ2n) is 4.81. The first-order valence-corrected chi connectivity index (χ1v) is 9.78. The number of rotatable bonds is 6. The van der Waals surface area contributed by atoms with Gasteiger partial charge in [-0.25, -0.2) is 0 Å². The molecule has 0 aliphatic heterocycles. The molecular weight excluding hydrogens is 658 g/mol. The second kappa shape index (κ2) is 8.80. The van der Waals surface area contributed by atoms with Gasteiger partial charge in [-0.15, -0.1) is 10.0 Å². The molecule has 0 saturated heterocycles. The number of benzene rings is 2. The Balaban J connectivity index is 2.26. The summed E-state index contributed by atoms with van der Waals surface area (Å²) in [6.07, 6.45) is 0.0230. The predicted octanol–water partition coefficient (Wildman–Crippen LogP) is 4.47. The van der Waals surface area contributed by atoms with Gasteiger partial charge < -0.3 is 14.9 Å². The van der Waals surface area contributed by atoms with Crippen molar-refractivity contribution in [3.63, 3.8) is 0 Å². The van der Waals surface area contributed by atoms with Crippen molar-refractivity contribution in [3.8, 4) is 17.2 Å². The number of halogens is 4. The van der Waals surface area contributed by atoms with Gasteiger partial charge in [0.25, 0.3) is 0 Å². The molecule has 0 fully saturated rings. The van der Waals surface area contributed by atoms with Crippen LogP contribution in [0.3, 0.4) is 0 Å². The van der Waals surface area contributed by atoms with Gasteiger partial charge in [0.15, 0.2) is 5.75 Å². The van der Waals surface area contributed by atoms with Crippen molar-refractivity contribution in [2.75, 3.05) is 0 Å². The van der Waals surface area contributed by atoms with Crippen molar-refractivity contribution in [2.45, 2.75) is 12.5 Å². The molecule has 0 aromatic heterocycles. The van der Waals surface area contributed by atoms with Gasteiger partial charge in [0.2, 0.25) is 0 Å². The number of carboxylic acids is 1. The number of aliphatic carboxylic acids is 1. The summed E-state index contributed by atoms with van der Waals surface area (Å²) >= 11 is 6.18. The van der Waals surface area contributed by atoms with Crippen LogP contribution in [0.4, 0.5) is 4.48 Å². The van der Waals surface area contributed by atoms with E-state index in [1.165, 1.54) is 5.54 Å². The van der Waals surface area contributed by atoms with E-state index in [2.05, 4.69) is 45.2 Å². The summed E-state index contributed by atoms with van der Waals surface area (Å²) in [6, 6.07) is 7.15. The highest BCUT2D eigenvalue weighted by atomic mass is 127. The minimum absolute atomic E-state index is 0.0230. The highest BCUT2D eigenvalue weighted by Crippen LogP contribution is 2.35. The molecule has 0 saturated carbocycles. The molecule has 0 radical (unpaired) electrons. The fraction of sp³-hybridized carbons (Fsp3) is 0.133. The first kappa shape index (κ1) is 19.9. The number of hydrogen-bond acceptors (Lipinski definition) is 4. The second-order valence-corrected chi connectivity index (χ2v) is 8.29. The molecule has 128 valence electrons. The van der Waals surface area contributed by atoms with Crippen molar-refractivity contribution in [3.05, 3.63) is 46.6 Å². The zero-order valence-electron chi connectivity index (χ0n) is 11.9. The molecule has 0 aliphatic rings. The predicted molar refractivity (Wildman–Crippen MR) is 112 cm³/mol. The summed E-state index contributed by atoms with van der Waals surface area (Å²) in [5.41, 5.74) is 1.98. The average Bonchev–Trinajstić information content (AvgIpc) is 2.51. The van der Waals surface area contributed by atoms with Gasteiger partial charge >= 0.3 is 5.97 Å². The van der Waals surface area contributed by atoms with E-state index in [0.29, 0.717) is 20.6 Å². The molecule has 2 aromatic rings. The first-order valence-electron chi connectivity index (χ1n) is 6.55. The first-order chi connectivity index (χ1) is 11.3. The Morgan fingerprint density at radius 1 is 1.17 bits per heavy atom. The molecule has 5 nitrogen and oxygen atoms in total. The number of carboxylic acid groups (broad SMARTS) is 1. The summed E-state index contributed by atoms with van der Waals surface area (Å²) in [5, 5.41) is 18.5.